The lowest BCUT2D eigenvalue weighted by Gasteiger charge is -2.06. The molecule has 0 saturated carbocycles. The fourth-order valence-corrected chi connectivity index (χ4v) is 1.92. The minimum absolute atomic E-state index is 0.692. The summed E-state index contributed by atoms with van der Waals surface area (Å²) in [6.07, 6.45) is 4.47. The fourth-order valence-electron chi connectivity index (χ4n) is 1.92. The van der Waals surface area contributed by atoms with Crippen molar-refractivity contribution in [1.29, 1.82) is 0 Å². The van der Waals surface area contributed by atoms with Gasteiger partial charge >= 0.3 is 0 Å². The van der Waals surface area contributed by atoms with E-state index in [1.807, 2.05) is 6.07 Å². The van der Waals surface area contributed by atoms with Gasteiger partial charge in [-0.05, 0) is 31.9 Å². The average molecular weight is 227 g/mol. The molecule has 1 aromatic carbocycles. The third-order valence-electron chi connectivity index (χ3n) is 2.54. The van der Waals surface area contributed by atoms with E-state index in [4.69, 9.17) is 0 Å². The number of benzene rings is 1. The fraction of sp³-hybridized carbons (Fsp3) is 0.286. The van der Waals surface area contributed by atoms with Crippen LogP contribution < -0.4 is 5.32 Å². The lowest BCUT2D eigenvalue weighted by atomic mass is 10.1. The van der Waals surface area contributed by atoms with Gasteiger partial charge in [0.15, 0.2) is 0 Å². The molecule has 0 aliphatic carbocycles. The Bertz CT molecular complexity index is 460. The Morgan fingerprint density at radius 3 is 2.29 bits per heavy atom. The summed E-state index contributed by atoms with van der Waals surface area (Å²) in [5.41, 5.74) is 3.98. The van der Waals surface area contributed by atoms with Crippen molar-refractivity contribution in [2.24, 2.45) is 0 Å². The highest BCUT2D eigenvalue weighted by Crippen LogP contribution is 2.09. The van der Waals surface area contributed by atoms with Gasteiger partial charge in [-0.1, -0.05) is 29.3 Å². The number of hydrogen-bond donors (Lipinski definition) is 1. The number of aromatic nitrogens is 2. The van der Waals surface area contributed by atoms with Crippen molar-refractivity contribution in [3.05, 3.63) is 53.3 Å². The molecule has 0 saturated heterocycles. The predicted molar refractivity (Wildman–Crippen MR) is 70.1 cm³/mol. The quantitative estimate of drug-likeness (QED) is 0.872. The first-order chi connectivity index (χ1) is 8.24. The van der Waals surface area contributed by atoms with Gasteiger partial charge in [-0.15, -0.1) is 0 Å². The molecule has 88 valence electrons. The first kappa shape index (κ1) is 11.6. The van der Waals surface area contributed by atoms with Crippen LogP contribution in [0.4, 0.5) is 5.95 Å². The van der Waals surface area contributed by atoms with Gasteiger partial charge in [0.1, 0.15) is 0 Å². The third-order valence-corrected chi connectivity index (χ3v) is 2.54. The van der Waals surface area contributed by atoms with Crippen LogP contribution in [0.2, 0.25) is 0 Å². The van der Waals surface area contributed by atoms with Crippen molar-refractivity contribution in [3.63, 3.8) is 0 Å². The predicted octanol–water partition coefficient (Wildman–Crippen LogP) is 2.75. The third kappa shape index (κ3) is 3.55. The summed E-state index contributed by atoms with van der Waals surface area (Å²) in [6, 6.07) is 8.45. The highest BCUT2D eigenvalue weighted by molar-refractivity contribution is 5.30. The number of hydrogen-bond acceptors (Lipinski definition) is 3. The maximum absolute atomic E-state index is 4.12. The number of anilines is 1. The van der Waals surface area contributed by atoms with Gasteiger partial charge in [0.2, 0.25) is 5.95 Å². The molecule has 2 aromatic rings. The maximum Gasteiger partial charge on any atom is 0.222 e. The van der Waals surface area contributed by atoms with Gasteiger partial charge < -0.3 is 5.32 Å². The molecule has 0 amide bonds. The Balaban J connectivity index is 1.90. The Labute approximate surface area is 102 Å². The molecule has 0 fully saturated rings. The van der Waals surface area contributed by atoms with Gasteiger partial charge in [0.05, 0.1) is 0 Å². The molecule has 1 heterocycles. The zero-order valence-electron chi connectivity index (χ0n) is 10.3. The summed E-state index contributed by atoms with van der Waals surface area (Å²) in [4.78, 5) is 8.25. The normalized spacial score (nSPS) is 10.2. The van der Waals surface area contributed by atoms with E-state index >= 15 is 0 Å². The first-order valence-corrected chi connectivity index (χ1v) is 5.82. The zero-order valence-corrected chi connectivity index (χ0v) is 10.3. The maximum atomic E-state index is 4.12. The Morgan fingerprint density at radius 1 is 1.00 bits per heavy atom. The first-order valence-electron chi connectivity index (χ1n) is 5.82. The number of rotatable bonds is 4. The van der Waals surface area contributed by atoms with E-state index in [1.165, 1.54) is 16.7 Å². The van der Waals surface area contributed by atoms with Crippen LogP contribution in [0.1, 0.15) is 16.7 Å². The van der Waals surface area contributed by atoms with Crippen LogP contribution in [-0.4, -0.2) is 16.5 Å². The number of nitrogens with one attached hydrogen (secondary N) is 1. The largest absolute Gasteiger partial charge is 0.354 e. The molecule has 1 aromatic heterocycles. The van der Waals surface area contributed by atoms with Crippen LogP contribution >= 0.6 is 0 Å². The molecular formula is C14H17N3. The smallest absolute Gasteiger partial charge is 0.222 e. The lowest BCUT2D eigenvalue weighted by molar-refractivity contribution is 0.979. The van der Waals surface area contributed by atoms with Crippen molar-refractivity contribution in [1.82, 2.24) is 9.97 Å². The van der Waals surface area contributed by atoms with Crippen molar-refractivity contribution >= 4 is 5.95 Å². The van der Waals surface area contributed by atoms with Gasteiger partial charge in [-0.25, -0.2) is 9.97 Å². The molecule has 3 nitrogen and oxygen atoms in total. The summed E-state index contributed by atoms with van der Waals surface area (Å²) >= 11 is 0. The van der Waals surface area contributed by atoms with Gasteiger partial charge in [-0.2, -0.15) is 0 Å². The lowest BCUT2D eigenvalue weighted by Crippen LogP contribution is -2.07. The van der Waals surface area contributed by atoms with Crippen LogP contribution in [0.25, 0.3) is 0 Å². The van der Waals surface area contributed by atoms with Crippen molar-refractivity contribution < 1.29 is 0 Å². The highest BCUT2D eigenvalue weighted by Gasteiger charge is 1.97. The Kier molecular flexibility index (Phi) is 3.70. The SMILES string of the molecule is Cc1cc(C)cc(CCNc2ncccn2)c1. The van der Waals surface area contributed by atoms with Crippen molar-refractivity contribution in [2.45, 2.75) is 20.3 Å². The topological polar surface area (TPSA) is 37.8 Å². The summed E-state index contributed by atoms with van der Waals surface area (Å²) in [5, 5.41) is 3.21. The zero-order chi connectivity index (χ0) is 12.1. The molecule has 0 atom stereocenters. The molecule has 0 spiro atoms. The number of nitrogens with zero attached hydrogens (tertiary/aromatic N) is 2. The second-order valence-corrected chi connectivity index (χ2v) is 4.25. The highest BCUT2D eigenvalue weighted by atomic mass is 15.1. The minimum atomic E-state index is 0.692. The number of aryl methyl sites for hydroxylation is 2. The molecule has 2 rings (SSSR count). The van der Waals surface area contributed by atoms with Crippen LogP contribution in [0.15, 0.2) is 36.7 Å². The second kappa shape index (κ2) is 5.43. The van der Waals surface area contributed by atoms with Crippen LogP contribution in [0.3, 0.4) is 0 Å². The van der Waals surface area contributed by atoms with Crippen LogP contribution in [0, 0.1) is 13.8 Å². The summed E-state index contributed by atoms with van der Waals surface area (Å²) < 4.78 is 0. The standard InChI is InChI=1S/C14H17N3/c1-11-8-12(2)10-13(9-11)4-7-17-14-15-5-3-6-16-14/h3,5-6,8-10H,4,7H2,1-2H3,(H,15,16,17). The van der Waals surface area contributed by atoms with E-state index in [0.29, 0.717) is 5.95 Å². The van der Waals surface area contributed by atoms with Crippen molar-refractivity contribution in [2.75, 3.05) is 11.9 Å². The molecule has 3 heteroatoms. The minimum Gasteiger partial charge on any atom is -0.354 e. The van der Waals surface area contributed by atoms with Crippen molar-refractivity contribution in [3.8, 4) is 0 Å². The van der Waals surface area contributed by atoms with Gasteiger partial charge in [-0.3, -0.25) is 0 Å². The van der Waals surface area contributed by atoms with E-state index in [2.05, 4.69) is 47.3 Å². The van der Waals surface area contributed by atoms with Gasteiger partial charge in [0.25, 0.3) is 0 Å². The molecule has 0 aliphatic rings. The molecular weight excluding hydrogens is 210 g/mol. The van der Waals surface area contributed by atoms with E-state index in [9.17, 15) is 0 Å². The van der Waals surface area contributed by atoms with Gasteiger partial charge in [0, 0.05) is 18.9 Å². The summed E-state index contributed by atoms with van der Waals surface area (Å²) in [7, 11) is 0. The Hall–Kier alpha value is -1.90. The Morgan fingerprint density at radius 2 is 1.65 bits per heavy atom. The van der Waals surface area contributed by atoms with E-state index in [1.54, 1.807) is 12.4 Å². The van der Waals surface area contributed by atoms with E-state index in [-0.39, 0.29) is 0 Å². The van der Waals surface area contributed by atoms with E-state index in [0.717, 1.165) is 13.0 Å². The summed E-state index contributed by atoms with van der Waals surface area (Å²) in [6.45, 7) is 5.11. The van der Waals surface area contributed by atoms with E-state index < -0.39 is 0 Å². The van der Waals surface area contributed by atoms with Crippen LogP contribution in [0.5, 0.6) is 0 Å². The van der Waals surface area contributed by atoms with Crippen LogP contribution in [-0.2, 0) is 6.42 Å². The average Bonchev–Trinajstić information content (AvgIpc) is 2.29. The second-order valence-electron chi connectivity index (χ2n) is 4.25. The molecule has 1 N–H and O–H groups in total. The molecule has 0 aliphatic heterocycles. The molecule has 0 unspecified atom stereocenters. The molecule has 0 bridgehead atoms. The molecule has 0 radical (unpaired) electrons. The monoisotopic (exact) mass is 227 g/mol. The molecule has 17 heavy (non-hydrogen) atoms. The summed E-state index contributed by atoms with van der Waals surface area (Å²) in [5.74, 6) is 0.692.